The van der Waals surface area contributed by atoms with Crippen molar-refractivity contribution in [2.45, 2.75) is 24.2 Å². The molecule has 2 aromatic rings. The van der Waals surface area contributed by atoms with Gasteiger partial charge < -0.3 is 5.32 Å². The molecule has 0 fully saturated rings. The van der Waals surface area contributed by atoms with E-state index in [4.69, 9.17) is 11.6 Å². The minimum absolute atomic E-state index is 0.140. The second-order valence-electron chi connectivity index (χ2n) is 5.98. The fourth-order valence-electron chi connectivity index (χ4n) is 2.26. The summed E-state index contributed by atoms with van der Waals surface area (Å²) >= 11 is 6.12. The van der Waals surface area contributed by atoms with Gasteiger partial charge in [0.05, 0.1) is 0 Å². The molecule has 1 aromatic heterocycles. The van der Waals surface area contributed by atoms with Gasteiger partial charge in [0.25, 0.3) is 0 Å². The fraction of sp³-hybridized carbons (Fsp3) is 0.312. The average molecular weight is 357 g/mol. The lowest BCUT2D eigenvalue weighted by Gasteiger charge is -2.27. The summed E-state index contributed by atoms with van der Waals surface area (Å²) in [5.74, 6) is -0.104. The van der Waals surface area contributed by atoms with E-state index in [-0.39, 0.29) is 4.90 Å². The third-order valence-electron chi connectivity index (χ3n) is 3.53. The van der Waals surface area contributed by atoms with E-state index in [1.54, 1.807) is 12.1 Å². The number of rotatable bonds is 5. The van der Waals surface area contributed by atoms with Crippen LogP contribution in [-0.2, 0) is 15.3 Å². The van der Waals surface area contributed by atoms with Gasteiger partial charge in [-0.05, 0) is 29.8 Å². The Hall–Kier alpha value is -1.66. The Balaban J connectivity index is 2.27. The fourth-order valence-corrected chi connectivity index (χ4v) is 3.49. The maximum Gasteiger partial charge on any atom is 0.179 e. The van der Waals surface area contributed by atoms with Crippen molar-refractivity contribution >= 4 is 27.3 Å². The lowest BCUT2D eigenvalue weighted by molar-refractivity contribution is 0.551. The van der Waals surface area contributed by atoms with Crippen molar-refractivity contribution in [1.29, 1.82) is 0 Å². The van der Waals surface area contributed by atoms with Gasteiger partial charge in [0.15, 0.2) is 9.84 Å². The molecule has 0 bridgehead atoms. The third kappa shape index (κ3) is 4.20. The molecule has 1 aromatic carbocycles. The number of nitrogens with one attached hydrogen (secondary N) is 1. The molecule has 1 N–H and O–H groups in total. The zero-order valence-electron chi connectivity index (χ0n) is 13.1. The van der Waals surface area contributed by atoms with Gasteiger partial charge in [0, 0.05) is 29.4 Å². The molecule has 0 saturated heterocycles. The van der Waals surface area contributed by atoms with E-state index in [9.17, 15) is 12.8 Å². The van der Waals surface area contributed by atoms with Gasteiger partial charge in [-0.3, -0.25) is 0 Å². The second-order valence-corrected chi connectivity index (χ2v) is 8.38. The summed E-state index contributed by atoms with van der Waals surface area (Å²) < 4.78 is 36.8. The monoisotopic (exact) mass is 356 g/mol. The van der Waals surface area contributed by atoms with Crippen molar-refractivity contribution in [1.82, 2.24) is 4.98 Å². The minimum atomic E-state index is -3.38. The van der Waals surface area contributed by atoms with Crippen LogP contribution in [-0.4, -0.2) is 26.2 Å². The molecule has 0 aliphatic heterocycles. The highest BCUT2D eigenvalue weighted by atomic mass is 35.5. The minimum Gasteiger partial charge on any atom is -0.368 e. The standard InChI is InChI=1S/C16H18ClFN2O2S/c1-16(2,12-7-6-11(18)9-13(12)17)10-20-15-14(23(3,21)22)5-4-8-19-15/h4-9H,10H2,1-3H3,(H,19,20). The molecule has 0 saturated carbocycles. The van der Waals surface area contributed by atoms with Crippen LogP contribution < -0.4 is 5.32 Å². The smallest absolute Gasteiger partial charge is 0.179 e. The van der Waals surface area contributed by atoms with Gasteiger partial charge >= 0.3 is 0 Å². The summed E-state index contributed by atoms with van der Waals surface area (Å²) in [6.07, 6.45) is 2.66. The molecule has 0 radical (unpaired) electrons. The van der Waals surface area contributed by atoms with Crippen LogP contribution in [0.3, 0.4) is 0 Å². The van der Waals surface area contributed by atoms with Crippen molar-refractivity contribution < 1.29 is 12.8 Å². The molecule has 0 spiro atoms. The van der Waals surface area contributed by atoms with Gasteiger partial charge in [-0.25, -0.2) is 17.8 Å². The molecule has 0 atom stereocenters. The number of anilines is 1. The maximum absolute atomic E-state index is 13.2. The first kappa shape index (κ1) is 17.7. The first-order chi connectivity index (χ1) is 10.6. The van der Waals surface area contributed by atoms with Crippen LogP contribution in [0.15, 0.2) is 41.4 Å². The van der Waals surface area contributed by atoms with Crippen LogP contribution >= 0.6 is 11.6 Å². The summed E-state index contributed by atoms with van der Waals surface area (Å²) in [7, 11) is -3.38. The number of hydrogen-bond donors (Lipinski definition) is 1. The summed E-state index contributed by atoms with van der Waals surface area (Å²) in [6.45, 7) is 4.25. The van der Waals surface area contributed by atoms with Gasteiger partial charge in [-0.1, -0.05) is 31.5 Å². The Morgan fingerprint density at radius 2 is 2.00 bits per heavy atom. The molecule has 7 heteroatoms. The van der Waals surface area contributed by atoms with Crippen LogP contribution in [0.4, 0.5) is 10.2 Å². The Labute approximate surface area is 140 Å². The normalized spacial score (nSPS) is 12.2. The van der Waals surface area contributed by atoms with E-state index in [2.05, 4.69) is 10.3 Å². The van der Waals surface area contributed by atoms with E-state index in [0.29, 0.717) is 17.4 Å². The number of nitrogens with zero attached hydrogens (tertiary/aromatic N) is 1. The van der Waals surface area contributed by atoms with E-state index in [0.717, 1.165) is 11.8 Å². The molecule has 0 amide bonds. The largest absolute Gasteiger partial charge is 0.368 e. The molecule has 23 heavy (non-hydrogen) atoms. The summed E-state index contributed by atoms with van der Waals surface area (Å²) in [6, 6.07) is 7.33. The van der Waals surface area contributed by atoms with E-state index < -0.39 is 21.1 Å². The van der Waals surface area contributed by atoms with E-state index in [1.165, 1.54) is 24.4 Å². The van der Waals surface area contributed by atoms with Gasteiger partial charge in [-0.15, -0.1) is 0 Å². The van der Waals surface area contributed by atoms with Crippen molar-refractivity contribution in [3.8, 4) is 0 Å². The number of aromatic nitrogens is 1. The highest BCUT2D eigenvalue weighted by Gasteiger charge is 2.25. The zero-order valence-corrected chi connectivity index (χ0v) is 14.7. The van der Waals surface area contributed by atoms with Crippen molar-refractivity contribution in [2.24, 2.45) is 0 Å². The van der Waals surface area contributed by atoms with Crippen LogP contribution in [0, 0.1) is 5.82 Å². The predicted octanol–water partition coefficient (Wildman–Crippen LogP) is 3.67. The topological polar surface area (TPSA) is 59.1 Å². The Kier molecular flexibility index (Phi) is 4.96. The SMILES string of the molecule is CC(C)(CNc1ncccc1S(C)(=O)=O)c1ccc(F)cc1Cl. The Morgan fingerprint density at radius 3 is 2.61 bits per heavy atom. The first-order valence-corrected chi connectivity index (χ1v) is 9.23. The molecule has 2 rings (SSSR count). The van der Waals surface area contributed by atoms with Crippen molar-refractivity contribution in [3.05, 3.63) is 52.9 Å². The highest BCUT2D eigenvalue weighted by Crippen LogP contribution is 2.31. The molecule has 0 aliphatic carbocycles. The lowest BCUT2D eigenvalue weighted by atomic mass is 9.84. The Morgan fingerprint density at radius 1 is 1.30 bits per heavy atom. The van der Waals surface area contributed by atoms with Gasteiger partial charge in [0.2, 0.25) is 0 Å². The lowest BCUT2D eigenvalue weighted by Crippen LogP contribution is -2.29. The second kappa shape index (κ2) is 6.45. The number of pyridine rings is 1. The van der Waals surface area contributed by atoms with Crippen molar-refractivity contribution in [3.63, 3.8) is 0 Å². The molecular weight excluding hydrogens is 339 g/mol. The molecular formula is C16H18ClFN2O2S. The van der Waals surface area contributed by atoms with E-state index >= 15 is 0 Å². The van der Waals surface area contributed by atoms with Crippen LogP contribution in [0.1, 0.15) is 19.4 Å². The van der Waals surface area contributed by atoms with Gasteiger partial charge in [0.1, 0.15) is 16.5 Å². The highest BCUT2D eigenvalue weighted by molar-refractivity contribution is 7.90. The number of benzene rings is 1. The van der Waals surface area contributed by atoms with Gasteiger partial charge in [-0.2, -0.15) is 0 Å². The zero-order chi connectivity index (χ0) is 17.3. The van der Waals surface area contributed by atoms with Crippen LogP contribution in [0.2, 0.25) is 5.02 Å². The molecule has 124 valence electrons. The number of sulfone groups is 1. The van der Waals surface area contributed by atoms with Crippen molar-refractivity contribution in [2.75, 3.05) is 18.1 Å². The first-order valence-electron chi connectivity index (χ1n) is 6.96. The number of halogens is 2. The Bertz CT molecular complexity index is 823. The molecule has 1 heterocycles. The van der Waals surface area contributed by atoms with Crippen LogP contribution in [0.5, 0.6) is 0 Å². The average Bonchev–Trinajstić information content (AvgIpc) is 2.44. The molecule has 4 nitrogen and oxygen atoms in total. The summed E-state index contributed by atoms with van der Waals surface area (Å²) in [5, 5.41) is 3.39. The summed E-state index contributed by atoms with van der Waals surface area (Å²) in [4.78, 5) is 4.23. The molecule has 0 aliphatic rings. The van der Waals surface area contributed by atoms with E-state index in [1.807, 2.05) is 13.8 Å². The number of hydrogen-bond acceptors (Lipinski definition) is 4. The molecule has 0 unspecified atom stereocenters. The quantitative estimate of drug-likeness (QED) is 0.888. The summed E-state index contributed by atoms with van der Waals surface area (Å²) in [5.41, 5.74) is 0.321. The third-order valence-corrected chi connectivity index (χ3v) is 4.97. The van der Waals surface area contributed by atoms with Crippen LogP contribution in [0.25, 0.3) is 0 Å². The maximum atomic E-state index is 13.2. The predicted molar refractivity (Wildman–Crippen MR) is 90.3 cm³/mol.